The highest BCUT2D eigenvalue weighted by Crippen LogP contribution is 2.34. The van der Waals surface area contributed by atoms with Crippen LogP contribution in [0.15, 0.2) is 29.5 Å². The lowest BCUT2D eigenvalue weighted by Gasteiger charge is -2.29. The van der Waals surface area contributed by atoms with E-state index in [1.165, 1.54) is 7.11 Å². The molecule has 0 aromatic heterocycles. The number of ether oxygens (including phenoxy) is 3. The Morgan fingerprint density at radius 3 is 2.42 bits per heavy atom. The Labute approximate surface area is 141 Å². The van der Waals surface area contributed by atoms with Gasteiger partial charge in [0.05, 0.1) is 31.9 Å². The summed E-state index contributed by atoms with van der Waals surface area (Å²) in [6.45, 7) is 5.21. The number of hydrogen-bond donors (Lipinski definition) is 2. The van der Waals surface area contributed by atoms with Crippen molar-refractivity contribution in [1.82, 2.24) is 10.6 Å². The van der Waals surface area contributed by atoms with Gasteiger partial charge in [-0.2, -0.15) is 0 Å². The number of methoxy groups -OCH3 is 2. The van der Waals surface area contributed by atoms with Crippen molar-refractivity contribution in [2.75, 3.05) is 14.2 Å². The predicted octanol–water partition coefficient (Wildman–Crippen LogP) is 2.28. The predicted molar refractivity (Wildman–Crippen MR) is 87.9 cm³/mol. The number of hydrogen-bond acceptors (Lipinski definition) is 5. The number of carbonyl (C=O) groups is 2. The van der Waals surface area contributed by atoms with Crippen LogP contribution in [-0.4, -0.2) is 32.3 Å². The smallest absolute Gasteiger partial charge is 0.338 e. The largest absolute Gasteiger partial charge is 0.493 e. The van der Waals surface area contributed by atoms with Crippen LogP contribution in [0.2, 0.25) is 0 Å². The van der Waals surface area contributed by atoms with Gasteiger partial charge in [-0.3, -0.25) is 0 Å². The van der Waals surface area contributed by atoms with Gasteiger partial charge in [0.25, 0.3) is 0 Å². The molecule has 0 spiro atoms. The fourth-order valence-corrected chi connectivity index (χ4v) is 2.52. The molecule has 130 valence electrons. The number of nitrogens with one attached hydrogen (secondary N) is 2. The second-order valence-electron chi connectivity index (χ2n) is 5.64. The second kappa shape index (κ2) is 7.25. The number of rotatable bonds is 5. The highest BCUT2D eigenvalue weighted by molar-refractivity contribution is 5.95. The van der Waals surface area contributed by atoms with Gasteiger partial charge < -0.3 is 24.8 Å². The van der Waals surface area contributed by atoms with E-state index in [0.29, 0.717) is 28.3 Å². The van der Waals surface area contributed by atoms with Crippen molar-refractivity contribution in [1.29, 1.82) is 0 Å². The van der Waals surface area contributed by atoms with E-state index in [9.17, 15) is 9.59 Å². The molecular weight excluding hydrogens is 312 g/mol. The SMILES string of the molecule is COc1ccc([C@@H]2NC(=O)NC(C)=C2C(=O)OC(C)C)cc1OC. The first-order valence-electron chi connectivity index (χ1n) is 7.58. The minimum absolute atomic E-state index is 0.263. The molecule has 0 saturated carbocycles. The molecule has 2 rings (SSSR count). The lowest BCUT2D eigenvalue weighted by molar-refractivity contribution is -0.143. The summed E-state index contributed by atoms with van der Waals surface area (Å²) >= 11 is 0. The molecule has 2 amide bonds. The fraction of sp³-hybridized carbons (Fsp3) is 0.412. The zero-order valence-corrected chi connectivity index (χ0v) is 14.4. The fourth-order valence-electron chi connectivity index (χ4n) is 2.52. The first-order valence-corrected chi connectivity index (χ1v) is 7.58. The van der Waals surface area contributed by atoms with Crippen LogP contribution in [0.1, 0.15) is 32.4 Å². The second-order valence-corrected chi connectivity index (χ2v) is 5.64. The van der Waals surface area contributed by atoms with E-state index in [0.717, 1.165) is 0 Å². The summed E-state index contributed by atoms with van der Waals surface area (Å²) in [5.74, 6) is 0.598. The van der Waals surface area contributed by atoms with Crippen LogP contribution in [0, 0.1) is 0 Å². The highest BCUT2D eigenvalue weighted by Gasteiger charge is 2.33. The van der Waals surface area contributed by atoms with Crippen LogP contribution in [-0.2, 0) is 9.53 Å². The minimum atomic E-state index is -0.634. The first-order chi connectivity index (χ1) is 11.4. The van der Waals surface area contributed by atoms with Crippen molar-refractivity contribution in [3.63, 3.8) is 0 Å². The van der Waals surface area contributed by atoms with E-state index in [1.54, 1.807) is 46.1 Å². The molecule has 1 aromatic rings. The van der Waals surface area contributed by atoms with Gasteiger partial charge >= 0.3 is 12.0 Å². The Hall–Kier alpha value is -2.70. The van der Waals surface area contributed by atoms with Gasteiger partial charge in [-0.15, -0.1) is 0 Å². The van der Waals surface area contributed by atoms with Gasteiger partial charge in [0, 0.05) is 5.70 Å². The van der Waals surface area contributed by atoms with Crippen LogP contribution >= 0.6 is 0 Å². The molecule has 7 heteroatoms. The molecule has 0 unspecified atom stereocenters. The van der Waals surface area contributed by atoms with Crippen molar-refractivity contribution in [3.8, 4) is 11.5 Å². The summed E-state index contributed by atoms with van der Waals surface area (Å²) in [4.78, 5) is 24.3. The van der Waals surface area contributed by atoms with Gasteiger partial charge in [0.1, 0.15) is 0 Å². The highest BCUT2D eigenvalue weighted by atomic mass is 16.5. The van der Waals surface area contributed by atoms with E-state index < -0.39 is 12.0 Å². The molecule has 0 aliphatic carbocycles. The summed E-state index contributed by atoms with van der Waals surface area (Å²) in [6, 6.07) is 4.21. The van der Waals surface area contributed by atoms with Crippen LogP contribution in [0.4, 0.5) is 4.79 Å². The van der Waals surface area contributed by atoms with Gasteiger partial charge in [-0.05, 0) is 38.5 Å². The monoisotopic (exact) mass is 334 g/mol. The van der Waals surface area contributed by atoms with E-state index in [4.69, 9.17) is 14.2 Å². The van der Waals surface area contributed by atoms with Crippen molar-refractivity contribution in [3.05, 3.63) is 35.0 Å². The molecule has 7 nitrogen and oxygen atoms in total. The average molecular weight is 334 g/mol. The topological polar surface area (TPSA) is 85.9 Å². The quantitative estimate of drug-likeness (QED) is 0.807. The normalized spacial score (nSPS) is 17.2. The third-order valence-corrected chi connectivity index (χ3v) is 3.57. The number of urea groups is 1. The Morgan fingerprint density at radius 2 is 1.83 bits per heavy atom. The summed E-state index contributed by atoms with van der Waals surface area (Å²) < 4.78 is 15.8. The van der Waals surface area contributed by atoms with Crippen LogP contribution in [0.5, 0.6) is 11.5 Å². The molecule has 0 saturated heterocycles. The first kappa shape index (κ1) is 17.7. The summed E-state index contributed by atoms with van der Waals surface area (Å²) in [7, 11) is 3.07. The number of amides is 2. The molecule has 1 aromatic carbocycles. The number of benzene rings is 1. The number of carbonyl (C=O) groups excluding carboxylic acids is 2. The Kier molecular flexibility index (Phi) is 5.33. The molecule has 1 aliphatic rings. The maximum Gasteiger partial charge on any atom is 0.338 e. The molecule has 0 fully saturated rings. The summed E-state index contributed by atoms with van der Waals surface area (Å²) in [5, 5.41) is 5.36. The van der Waals surface area contributed by atoms with E-state index in [-0.39, 0.29) is 12.1 Å². The van der Waals surface area contributed by atoms with E-state index in [2.05, 4.69) is 10.6 Å². The molecule has 0 radical (unpaired) electrons. The zero-order valence-electron chi connectivity index (χ0n) is 14.4. The van der Waals surface area contributed by atoms with Crippen molar-refractivity contribution < 1.29 is 23.8 Å². The molecule has 1 heterocycles. The lowest BCUT2D eigenvalue weighted by Crippen LogP contribution is -2.45. The molecule has 24 heavy (non-hydrogen) atoms. The standard InChI is InChI=1S/C17H22N2O5/c1-9(2)24-16(20)14-10(3)18-17(21)19-15(14)11-6-7-12(22-4)13(8-11)23-5/h6-9,15H,1-5H3,(H2,18,19,21)/t15-/m0/s1. The maximum atomic E-state index is 12.5. The molecular formula is C17H22N2O5. The van der Waals surface area contributed by atoms with E-state index >= 15 is 0 Å². The van der Waals surface area contributed by atoms with Crippen LogP contribution in [0.3, 0.4) is 0 Å². The van der Waals surface area contributed by atoms with Gasteiger partial charge in [-0.25, -0.2) is 9.59 Å². The molecule has 2 N–H and O–H groups in total. The Balaban J connectivity index is 2.47. The van der Waals surface area contributed by atoms with Gasteiger partial charge in [0.15, 0.2) is 11.5 Å². The Morgan fingerprint density at radius 1 is 1.17 bits per heavy atom. The van der Waals surface area contributed by atoms with Crippen molar-refractivity contribution in [2.24, 2.45) is 0 Å². The van der Waals surface area contributed by atoms with Crippen molar-refractivity contribution >= 4 is 12.0 Å². The lowest BCUT2D eigenvalue weighted by atomic mass is 9.95. The minimum Gasteiger partial charge on any atom is -0.493 e. The van der Waals surface area contributed by atoms with E-state index in [1.807, 2.05) is 0 Å². The molecule has 1 aliphatic heterocycles. The molecule has 0 bridgehead atoms. The molecule has 1 atom stereocenters. The number of allylic oxidation sites excluding steroid dienone is 1. The third-order valence-electron chi connectivity index (χ3n) is 3.57. The maximum absolute atomic E-state index is 12.5. The average Bonchev–Trinajstić information content (AvgIpc) is 2.52. The third kappa shape index (κ3) is 3.61. The Bertz CT molecular complexity index is 682. The van der Waals surface area contributed by atoms with Crippen LogP contribution < -0.4 is 20.1 Å². The summed E-state index contributed by atoms with van der Waals surface area (Å²) in [6.07, 6.45) is -0.263. The number of esters is 1. The van der Waals surface area contributed by atoms with Gasteiger partial charge in [0.2, 0.25) is 0 Å². The van der Waals surface area contributed by atoms with Crippen molar-refractivity contribution in [2.45, 2.75) is 32.9 Å². The zero-order chi connectivity index (χ0) is 17.9. The van der Waals surface area contributed by atoms with Gasteiger partial charge in [-0.1, -0.05) is 6.07 Å². The summed E-state index contributed by atoms with van der Waals surface area (Å²) in [5.41, 5.74) is 1.51. The van der Waals surface area contributed by atoms with Crippen LogP contribution in [0.25, 0.3) is 0 Å².